The van der Waals surface area contributed by atoms with E-state index in [1.807, 2.05) is 0 Å². The molecule has 0 amide bonds. The first-order valence-electron chi connectivity index (χ1n) is 5.75. The quantitative estimate of drug-likeness (QED) is 0.476. The number of hydrazone groups is 1. The number of anilines is 1. The molecular formula is C14H9Cl3N2O2. The highest BCUT2D eigenvalue weighted by Gasteiger charge is 2.07. The van der Waals surface area contributed by atoms with Crippen molar-refractivity contribution < 1.29 is 9.90 Å². The monoisotopic (exact) mass is 342 g/mol. The van der Waals surface area contributed by atoms with E-state index in [0.717, 1.165) is 0 Å². The molecule has 2 aromatic carbocycles. The lowest BCUT2D eigenvalue weighted by Gasteiger charge is -2.04. The number of rotatable bonds is 4. The summed E-state index contributed by atoms with van der Waals surface area (Å²) < 4.78 is 0. The van der Waals surface area contributed by atoms with Gasteiger partial charge in [0.15, 0.2) is 0 Å². The molecule has 0 fully saturated rings. The first-order chi connectivity index (χ1) is 9.99. The Kier molecular flexibility index (Phi) is 5.07. The summed E-state index contributed by atoms with van der Waals surface area (Å²) in [5, 5.41) is 13.9. The van der Waals surface area contributed by atoms with Crippen molar-refractivity contribution in [3.05, 3.63) is 62.6 Å². The van der Waals surface area contributed by atoms with Gasteiger partial charge in [0.1, 0.15) is 0 Å². The predicted molar refractivity (Wildman–Crippen MR) is 86.1 cm³/mol. The highest BCUT2D eigenvalue weighted by atomic mass is 35.5. The first-order valence-corrected chi connectivity index (χ1v) is 6.88. The Balaban J connectivity index is 2.13. The van der Waals surface area contributed by atoms with E-state index in [-0.39, 0.29) is 5.56 Å². The molecule has 2 aromatic rings. The smallest absolute Gasteiger partial charge is 0.335 e. The molecule has 0 aromatic heterocycles. The third-order valence-corrected chi connectivity index (χ3v) is 3.75. The van der Waals surface area contributed by atoms with Gasteiger partial charge in [-0.2, -0.15) is 5.10 Å². The standard InChI is InChI=1S/C14H9Cl3N2O2/c15-11-5-6-12(16)13(17)10(11)7-18-19-9-3-1-8(2-4-9)14(20)21/h1-7,19H,(H,20,21)/b18-7+. The number of hydrogen-bond acceptors (Lipinski definition) is 3. The second kappa shape index (κ2) is 6.80. The second-order valence-electron chi connectivity index (χ2n) is 4.01. The van der Waals surface area contributed by atoms with E-state index in [0.29, 0.717) is 26.3 Å². The minimum atomic E-state index is -0.984. The van der Waals surface area contributed by atoms with Crippen LogP contribution < -0.4 is 5.43 Å². The molecule has 0 aliphatic rings. The number of carboxylic acid groups (broad SMARTS) is 1. The van der Waals surface area contributed by atoms with E-state index in [1.54, 1.807) is 24.3 Å². The van der Waals surface area contributed by atoms with Crippen molar-refractivity contribution in [1.82, 2.24) is 0 Å². The van der Waals surface area contributed by atoms with Gasteiger partial charge in [-0.1, -0.05) is 34.8 Å². The van der Waals surface area contributed by atoms with Crippen molar-refractivity contribution in [2.45, 2.75) is 0 Å². The highest BCUT2D eigenvalue weighted by molar-refractivity contribution is 6.45. The van der Waals surface area contributed by atoms with E-state index < -0.39 is 5.97 Å². The predicted octanol–water partition coefficient (Wildman–Crippen LogP) is 4.79. The van der Waals surface area contributed by atoms with Gasteiger partial charge >= 0.3 is 5.97 Å². The molecule has 0 saturated heterocycles. The molecule has 2 N–H and O–H groups in total. The van der Waals surface area contributed by atoms with Gasteiger partial charge in [0.2, 0.25) is 0 Å². The van der Waals surface area contributed by atoms with E-state index in [1.165, 1.54) is 18.3 Å². The van der Waals surface area contributed by atoms with E-state index in [2.05, 4.69) is 10.5 Å². The van der Waals surface area contributed by atoms with Gasteiger partial charge in [0.25, 0.3) is 0 Å². The van der Waals surface area contributed by atoms with Crippen LogP contribution in [0.1, 0.15) is 15.9 Å². The second-order valence-corrected chi connectivity index (χ2v) is 5.20. The summed E-state index contributed by atoms with van der Waals surface area (Å²) in [6.45, 7) is 0. The van der Waals surface area contributed by atoms with Crippen molar-refractivity contribution in [1.29, 1.82) is 0 Å². The van der Waals surface area contributed by atoms with Crippen LogP contribution >= 0.6 is 34.8 Å². The summed E-state index contributed by atoms with van der Waals surface area (Å²) in [6.07, 6.45) is 1.45. The Hall–Kier alpha value is -1.75. The molecule has 0 spiro atoms. The van der Waals surface area contributed by atoms with Gasteiger partial charge in [0.05, 0.1) is 32.5 Å². The summed E-state index contributed by atoms with van der Waals surface area (Å²) in [7, 11) is 0. The van der Waals surface area contributed by atoms with Crippen LogP contribution in [0.25, 0.3) is 0 Å². The Morgan fingerprint density at radius 1 is 1.05 bits per heavy atom. The number of carbonyl (C=O) groups is 1. The zero-order valence-electron chi connectivity index (χ0n) is 10.5. The van der Waals surface area contributed by atoms with E-state index >= 15 is 0 Å². The van der Waals surface area contributed by atoms with Gasteiger partial charge in [0, 0.05) is 5.56 Å². The zero-order valence-corrected chi connectivity index (χ0v) is 12.7. The maximum absolute atomic E-state index is 10.7. The summed E-state index contributed by atoms with van der Waals surface area (Å²) >= 11 is 17.9. The molecule has 0 heterocycles. The third kappa shape index (κ3) is 3.88. The van der Waals surface area contributed by atoms with Crippen molar-refractivity contribution in [2.75, 3.05) is 5.43 Å². The Labute approximate surface area is 135 Å². The van der Waals surface area contributed by atoms with Crippen molar-refractivity contribution in [2.24, 2.45) is 5.10 Å². The van der Waals surface area contributed by atoms with E-state index in [4.69, 9.17) is 39.9 Å². The zero-order chi connectivity index (χ0) is 15.4. The largest absolute Gasteiger partial charge is 0.478 e. The average molecular weight is 344 g/mol. The lowest BCUT2D eigenvalue weighted by Crippen LogP contribution is -1.97. The fourth-order valence-electron chi connectivity index (χ4n) is 1.52. The molecule has 2 rings (SSSR count). The van der Waals surface area contributed by atoms with Crippen LogP contribution in [-0.4, -0.2) is 17.3 Å². The van der Waals surface area contributed by atoms with Gasteiger partial charge in [-0.05, 0) is 36.4 Å². The third-order valence-electron chi connectivity index (χ3n) is 2.60. The molecule has 0 bridgehead atoms. The molecule has 0 saturated carbocycles. The Morgan fingerprint density at radius 2 is 1.67 bits per heavy atom. The number of hydrogen-bond donors (Lipinski definition) is 2. The van der Waals surface area contributed by atoms with Crippen LogP contribution in [0.4, 0.5) is 5.69 Å². The number of benzene rings is 2. The molecule has 108 valence electrons. The summed E-state index contributed by atoms with van der Waals surface area (Å²) in [5.74, 6) is -0.984. The average Bonchev–Trinajstić information content (AvgIpc) is 2.47. The SMILES string of the molecule is O=C(O)c1ccc(N/N=C/c2c(Cl)ccc(Cl)c2Cl)cc1. The Bertz CT molecular complexity index is 700. The van der Waals surface area contributed by atoms with Crippen LogP contribution in [0, 0.1) is 0 Å². The molecule has 7 heteroatoms. The highest BCUT2D eigenvalue weighted by Crippen LogP contribution is 2.30. The first kappa shape index (κ1) is 15.6. The molecule has 4 nitrogen and oxygen atoms in total. The lowest BCUT2D eigenvalue weighted by atomic mass is 10.2. The number of nitrogens with zero attached hydrogens (tertiary/aromatic N) is 1. The minimum Gasteiger partial charge on any atom is -0.478 e. The molecule has 0 atom stereocenters. The molecule has 0 radical (unpaired) electrons. The van der Waals surface area contributed by atoms with Crippen molar-refractivity contribution in [3.8, 4) is 0 Å². The van der Waals surface area contributed by atoms with Gasteiger partial charge in [-0.25, -0.2) is 4.79 Å². The van der Waals surface area contributed by atoms with Crippen LogP contribution in [0.15, 0.2) is 41.5 Å². The van der Waals surface area contributed by atoms with Crippen molar-refractivity contribution in [3.63, 3.8) is 0 Å². The van der Waals surface area contributed by atoms with Crippen LogP contribution in [0.2, 0.25) is 15.1 Å². The topological polar surface area (TPSA) is 61.7 Å². The van der Waals surface area contributed by atoms with Crippen LogP contribution in [0.3, 0.4) is 0 Å². The van der Waals surface area contributed by atoms with Gasteiger partial charge < -0.3 is 5.11 Å². The molecule has 21 heavy (non-hydrogen) atoms. The van der Waals surface area contributed by atoms with E-state index in [9.17, 15) is 4.79 Å². The van der Waals surface area contributed by atoms with Gasteiger partial charge in [-0.3, -0.25) is 5.43 Å². The Morgan fingerprint density at radius 3 is 2.29 bits per heavy atom. The maximum atomic E-state index is 10.7. The summed E-state index contributed by atoms with van der Waals surface area (Å²) in [4.78, 5) is 10.7. The fraction of sp³-hybridized carbons (Fsp3) is 0. The lowest BCUT2D eigenvalue weighted by molar-refractivity contribution is 0.0697. The normalized spacial score (nSPS) is 10.8. The number of nitrogens with one attached hydrogen (secondary N) is 1. The molecule has 0 aliphatic carbocycles. The summed E-state index contributed by atoms with van der Waals surface area (Å²) in [6, 6.07) is 9.36. The summed E-state index contributed by atoms with van der Waals surface area (Å²) in [5.41, 5.74) is 4.08. The molecule has 0 unspecified atom stereocenters. The van der Waals surface area contributed by atoms with Gasteiger partial charge in [-0.15, -0.1) is 0 Å². The van der Waals surface area contributed by atoms with Crippen molar-refractivity contribution >= 4 is 52.7 Å². The van der Waals surface area contributed by atoms with Crippen LogP contribution in [0.5, 0.6) is 0 Å². The molecular weight excluding hydrogens is 335 g/mol. The maximum Gasteiger partial charge on any atom is 0.335 e. The molecule has 0 aliphatic heterocycles. The van der Waals surface area contributed by atoms with Crippen LogP contribution in [-0.2, 0) is 0 Å². The minimum absolute atomic E-state index is 0.199. The number of carboxylic acids is 1. The number of halogens is 3. The fourth-order valence-corrected chi connectivity index (χ4v) is 2.15. The number of aromatic carboxylic acids is 1.